The van der Waals surface area contributed by atoms with Gasteiger partial charge in [-0.2, -0.15) is 4.98 Å². The van der Waals surface area contributed by atoms with E-state index in [1.165, 1.54) is 20.0 Å². The van der Waals surface area contributed by atoms with E-state index in [4.69, 9.17) is 9.26 Å². The molecule has 1 N–H and O–H groups in total. The Morgan fingerprint density at radius 2 is 2.24 bits per heavy atom. The molecule has 0 spiro atoms. The van der Waals surface area contributed by atoms with E-state index in [0.717, 1.165) is 30.1 Å². The van der Waals surface area contributed by atoms with Crippen LogP contribution in [0.15, 0.2) is 22.7 Å². The van der Waals surface area contributed by atoms with Crippen molar-refractivity contribution in [2.45, 2.75) is 38.5 Å². The Labute approximate surface area is 123 Å². The zero-order chi connectivity index (χ0) is 14.8. The summed E-state index contributed by atoms with van der Waals surface area (Å²) in [6.45, 7) is 2.23. The summed E-state index contributed by atoms with van der Waals surface area (Å²) < 4.78 is 10.5. The quantitative estimate of drug-likeness (QED) is 0.928. The SMILES string of the molecule is CCC1CCC(c2noc(-c3ccc(O)c(OC)c3)n2)C1. The van der Waals surface area contributed by atoms with Crippen LogP contribution in [0.4, 0.5) is 0 Å². The van der Waals surface area contributed by atoms with Crippen molar-refractivity contribution in [2.24, 2.45) is 5.92 Å². The predicted molar refractivity (Wildman–Crippen MR) is 78.3 cm³/mol. The molecule has 2 aromatic rings. The molecule has 0 amide bonds. The van der Waals surface area contributed by atoms with Gasteiger partial charge in [0.05, 0.1) is 7.11 Å². The standard InChI is InChI=1S/C16H20N2O3/c1-3-10-4-5-11(8-10)15-17-16(21-18-15)12-6-7-13(19)14(9-12)20-2/h6-7,9-11,19H,3-5,8H2,1-2H3. The van der Waals surface area contributed by atoms with E-state index in [9.17, 15) is 5.11 Å². The fraction of sp³-hybridized carbons (Fsp3) is 0.500. The number of phenols is 1. The maximum Gasteiger partial charge on any atom is 0.258 e. The van der Waals surface area contributed by atoms with Crippen molar-refractivity contribution in [3.63, 3.8) is 0 Å². The molecule has 1 fully saturated rings. The Morgan fingerprint density at radius 3 is 2.95 bits per heavy atom. The lowest BCUT2D eigenvalue weighted by Crippen LogP contribution is -1.97. The van der Waals surface area contributed by atoms with E-state index < -0.39 is 0 Å². The molecule has 0 aliphatic heterocycles. The molecular formula is C16H20N2O3. The van der Waals surface area contributed by atoms with Gasteiger partial charge < -0.3 is 14.4 Å². The van der Waals surface area contributed by atoms with Gasteiger partial charge in [0.15, 0.2) is 17.3 Å². The zero-order valence-electron chi connectivity index (χ0n) is 12.4. The summed E-state index contributed by atoms with van der Waals surface area (Å²) in [6.07, 6.45) is 4.75. The van der Waals surface area contributed by atoms with Crippen LogP contribution in [0.1, 0.15) is 44.3 Å². The third-order valence-corrected chi connectivity index (χ3v) is 4.35. The van der Waals surface area contributed by atoms with Gasteiger partial charge in [0.1, 0.15) is 0 Å². The maximum absolute atomic E-state index is 9.62. The molecule has 0 bridgehead atoms. The van der Waals surface area contributed by atoms with Crippen LogP contribution in [0.2, 0.25) is 0 Å². The van der Waals surface area contributed by atoms with Gasteiger partial charge in [-0.1, -0.05) is 18.5 Å². The van der Waals surface area contributed by atoms with Crippen molar-refractivity contribution in [2.75, 3.05) is 7.11 Å². The molecule has 21 heavy (non-hydrogen) atoms. The number of benzene rings is 1. The lowest BCUT2D eigenvalue weighted by atomic mass is 10.0. The van der Waals surface area contributed by atoms with Crippen LogP contribution in [0.3, 0.4) is 0 Å². The molecule has 2 atom stereocenters. The van der Waals surface area contributed by atoms with Crippen LogP contribution in [-0.2, 0) is 0 Å². The second-order valence-electron chi connectivity index (χ2n) is 5.63. The van der Waals surface area contributed by atoms with Crippen LogP contribution >= 0.6 is 0 Å². The average Bonchev–Trinajstić information content (AvgIpc) is 3.16. The van der Waals surface area contributed by atoms with Gasteiger partial charge in [-0.25, -0.2) is 0 Å². The van der Waals surface area contributed by atoms with Crippen LogP contribution in [0.5, 0.6) is 11.5 Å². The van der Waals surface area contributed by atoms with Gasteiger partial charge in [0, 0.05) is 11.5 Å². The Kier molecular flexibility index (Phi) is 3.82. The van der Waals surface area contributed by atoms with Crippen molar-refractivity contribution in [3.8, 4) is 23.0 Å². The molecular weight excluding hydrogens is 268 g/mol. The maximum atomic E-state index is 9.62. The fourth-order valence-electron chi connectivity index (χ4n) is 3.01. The molecule has 0 saturated heterocycles. The van der Waals surface area contributed by atoms with Gasteiger partial charge >= 0.3 is 0 Å². The monoisotopic (exact) mass is 288 g/mol. The summed E-state index contributed by atoms with van der Waals surface area (Å²) in [5.41, 5.74) is 0.758. The Balaban J connectivity index is 1.82. The highest BCUT2D eigenvalue weighted by molar-refractivity contribution is 5.59. The summed E-state index contributed by atoms with van der Waals surface area (Å²) in [6, 6.07) is 5.02. The second kappa shape index (κ2) is 5.76. The summed E-state index contributed by atoms with van der Waals surface area (Å²) in [5, 5.41) is 13.8. The van der Waals surface area contributed by atoms with Gasteiger partial charge in [0.2, 0.25) is 0 Å². The molecule has 3 rings (SSSR count). The molecule has 1 saturated carbocycles. The molecule has 2 unspecified atom stereocenters. The van der Waals surface area contributed by atoms with Crippen LogP contribution in [0, 0.1) is 5.92 Å². The third kappa shape index (κ3) is 2.73. The van der Waals surface area contributed by atoms with E-state index in [0.29, 0.717) is 17.6 Å². The second-order valence-corrected chi connectivity index (χ2v) is 5.63. The Morgan fingerprint density at radius 1 is 1.38 bits per heavy atom. The normalized spacial score (nSPS) is 21.6. The minimum Gasteiger partial charge on any atom is -0.504 e. The predicted octanol–water partition coefficient (Wildman–Crippen LogP) is 3.74. The highest BCUT2D eigenvalue weighted by atomic mass is 16.5. The topological polar surface area (TPSA) is 68.4 Å². The first-order valence-corrected chi connectivity index (χ1v) is 7.42. The molecule has 5 heteroatoms. The third-order valence-electron chi connectivity index (χ3n) is 4.35. The number of hydrogen-bond acceptors (Lipinski definition) is 5. The van der Waals surface area contributed by atoms with Crippen molar-refractivity contribution >= 4 is 0 Å². The lowest BCUT2D eigenvalue weighted by Gasteiger charge is -2.05. The molecule has 1 heterocycles. The highest BCUT2D eigenvalue weighted by Crippen LogP contribution is 2.39. The van der Waals surface area contributed by atoms with Crippen molar-refractivity contribution < 1.29 is 14.4 Å². The molecule has 1 aliphatic rings. The highest BCUT2D eigenvalue weighted by Gasteiger charge is 2.28. The number of nitrogens with zero attached hydrogens (tertiary/aromatic N) is 2. The van der Waals surface area contributed by atoms with Crippen LogP contribution in [0.25, 0.3) is 11.5 Å². The number of aromatic nitrogens is 2. The molecule has 1 aromatic carbocycles. The minimum absolute atomic E-state index is 0.0996. The molecule has 0 radical (unpaired) electrons. The largest absolute Gasteiger partial charge is 0.504 e. The van der Waals surface area contributed by atoms with Gasteiger partial charge in [-0.05, 0) is 43.4 Å². The first-order chi connectivity index (χ1) is 10.2. The van der Waals surface area contributed by atoms with E-state index in [2.05, 4.69) is 17.1 Å². The number of rotatable bonds is 4. The van der Waals surface area contributed by atoms with Crippen LogP contribution in [-0.4, -0.2) is 22.4 Å². The van der Waals surface area contributed by atoms with E-state index in [1.54, 1.807) is 18.2 Å². The number of ether oxygens (including phenoxy) is 1. The molecule has 112 valence electrons. The number of hydrogen-bond donors (Lipinski definition) is 1. The van der Waals surface area contributed by atoms with Crippen LogP contribution < -0.4 is 4.74 Å². The van der Waals surface area contributed by atoms with Crippen molar-refractivity contribution in [1.82, 2.24) is 10.1 Å². The smallest absolute Gasteiger partial charge is 0.258 e. The number of methoxy groups -OCH3 is 1. The molecule has 5 nitrogen and oxygen atoms in total. The summed E-state index contributed by atoms with van der Waals surface area (Å²) >= 11 is 0. The Bertz CT molecular complexity index is 624. The molecule has 1 aliphatic carbocycles. The van der Waals surface area contributed by atoms with E-state index in [1.807, 2.05) is 0 Å². The van der Waals surface area contributed by atoms with E-state index >= 15 is 0 Å². The average molecular weight is 288 g/mol. The lowest BCUT2D eigenvalue weighted by molar-refractivity contribution is 0.373. The molecule has 1 aromatic heterocycles. The van der Waals surface area contributed by atoms with Gasteiger partial charge in [0.25, 0.3) is 5.89 Å². The van der Waals surface area contributed by atoms with Gasteiger partial charge in [-0.3, -0.25) is 0 Å². The van der Waals surface area contributed by atoms with Crippen molar-refractivity contribution in [1.29, 1.82) is 0 Å². The fourth-order valence-corrected chi connectivity index (χ4v) is 3.01. The zero-order valence-corrected chi connectivity index (χ0v) is 12.4. The number of aromatic hydroxyl groups is 1. The minimum atomic E-state index is 0.0996. The van der Waals surface area contributed by atoms with Crippen molar-refractivity contribution in [3.05, 3.63) is 24.0 Å². The summed E-state index contributed by atoms with van der Waals surface area (Å²) in [7, 11) is 1.52. The Hall–Kier alpha value is -2.04. The summed E-state index contributed by atoms with van der Waals surface area (Å²) in [5.74, 6) is 2.97. The number of phenolic OH excluding ortho intramolecular Hbond substituents is 1. The first kappa shape index (κ1) is 13.9. The first-order valence-electron chi connectivity index (χ1n) is 7.42. The summed E-state index contributed by atoms with van der Waals surface area (Å²) in [4.78, 5) is 4.52. The van der Waals surface area contributed by atoms with Gasteiger partial charge in [-0.15, -0.1) is 0 Å². The van der Waals surface area contributed by atoms with E-state index in [-0.39, 0.29) is 5.75 Å².